The first kappa shape index (κ1) is 42.8. The largest absolute Gasteiger partial charge is 0.512 e. The van der Waals surface area contributed by atoms with Crippen LogP contribution in [0.25, 0.3) is 52.3 Å². The number of aliphatic hydroxyl groups excluding tert-OH is 1. The van der Waals surface area contributed by atoms with E-state index in [4.69, 9.17) is 4.98 Å². The van der Waals surface area contributed by atoms with Crippen LogP contribution in [0, 0.1) is 29.7 Å². The molecule has 6 heteroatoms. The van der Waals surface area contributed by atoms with Crippen molar-refractivity contribution in [1.29, 1.82) is 0 Å². The molecule has 6 aromatic rings. The molecule has 53 heavy (non-hydrogen) atoms. The third-order valence-corrected chi connectivity index (χ3v) is 14.1. The molecule has 3 heterocycles. The van der Waals surface area contributed by atoms with Gasteiger partial charge in [0.2, 0.25) is 0 Å². The number of aromatic nitrogens is 1. The maximum absolute atomic E-state index is 12.2. The van der Waals surface area contributed by atoms with Crippen molar-refractivity contribution < 1.29 is 30.0 Å². The van der Waals surface area contributed by atoms with Crippen molar-refractivity contribution in [3.05, 3.63) is 88.6 Å². The molecule has 0 aliphatic rings. The van der Waals surface area contributed by atoms with E-state index in [9.17, 15) is 9.90 Å². The summed E-state index contributed by atoms with van der Waals surface area (Å²) in [5, 5.41) is 16.6. The van der Waals surface area contributed by atoms with Gasteiger partial charge in [0, 0.05) is 73.3 Å². The zero-order valence-electron chi connectivity index (χ0n) is 33.8. The molecule has 3 aromatic heterocycles. The first-order valence-electron chi connectivity index (χ1n) is 19.1. The molecular formula is C47H58IrNO2S2-. The van der Waals surface area contributed by atoms with Gasteiger partial charge in [-0.2, -0.15) is 0 Å². The van der Waals surface area contributed by atoms with Gasteiger partial charge < -0.3 is 5.11 Å². The Kier molecular flexibility index (Phi) is 13.6. The fraction of sp³-hybridized carbons (Fsp3) is 0.447. The summed E-state index contributed by atoms with van der Waals surface area (Å²) in [6.45, 7) is 25.9. The number of allylic oxidation sites excluding steroid dienone is 2. The number of fused-ring (bicyclic) bond motifs is 6. The summed E-state index contributed by atoms with van der Waals surface area (Å²) in [6, 6.07) is 21.5. The molecule has 0 bridgehead atoms. The van der Waals surface area contributed by atoms with E-state index in [1.807, 2.05) is 70.4 Å². The minimum absolute atomic E-state index is 0. The van der Waals surface area contributed by atoms with E-state index in [1.54, 1.807) is 0 Å². The molecule has 0 aliphatic carbocycles. The average molecular weight is 925 g/mol. The second-order valence-electron chi connectivity index (χ2n) is 16.5. The fourth-order valence-electron chi connectivity index (χ4n) is 6.96. The van der Waals surface area contributed by atoms with Gasteiger partial charge in [0.25, 0.3) is 0 Å². The van der Waals surface area contributed by atoms with E-state index in [0.29, 0.717) is 5.92 Å². The number of benzene rings is 3. The SMILES string of the molecule is CCC(C)(CC)C(=O)/C=C(\O)C(C)(CC)CC.Cc1c(CC(C)C)sc2c1ccc1sc3ccnc(-c4[c-]c5ccccc5c(C(C)(C)C)c4)c3c12.[Ir]. The van der Waals surface area contributed by atoms with Gasteiger partial charge in [0.1, 0.15) is 5.76 Å². The van der Waals surface area contributed by atoms with Crippen LogP contribution in [0.3, 0.4) is 0 Å². The minimum Gasteiger partial charge on any atom is -0.512 e. The average Bonchev–Trinajstić information content (AvgIpc) is 3.66. The molecule has 0 fully saturated rings. The number of carbonyl (C=O) groups is 1. The van der Waals surface area contributed by atoms with Crippen molar-refractivity contribution in [3.63, 3.8) is 0 Å². The predicted octanol–water partition coefficient (Wildman–Crippen LogP) is 14.7. The maximum atomic E-state index is 12.2. The Balaban J connectivity index is 0.000000299. The number of pyridine rings is 1. The Bertz CT molecular complexity index is 2260. The normalized spacial score (nSPS) is 12.8. The quantitative estimate of drug-likeness (QED) is 0.0846. The summed E-state index contributed by atoms with van der Waals surface area (Å²) in [5.41, 5.74) is 4.35. The predicted molar refractivity (Wildman–Crippen MR) is 229 cm³/mol. The Morgan fingerprint density at radius 3 is 2.08 bits per heavy atom. The summed E-state index contributed by atoms with van der Waals surface area (Å²) in [7, 11) is 0. The number of nitrogens with zero attached hydrogens (tertiary/aromatic N) is 1. The number of aryl methyl sites for hydroxylation is 1. The summed E-state index contributed by atoms with van der Waals surface area (Å²) >= 11 is 3.86. The van der Waals surface area contributed by atoms with Crippen LogP contribution in [0.2, 0.25) is 0 Å². The van der Waals surface area contributed by atoms with E-state index in [1.165, 1.54) is 57.7 Å². The van der Waals surface area contributed by atoms with Crippen molar-refractivity contribution in [1.82, 2.24) is 4.98 Å². The molecule has 3 aromatic carbocycles. The van der Waals surface area contributed by atoms with E-state index in [2.05, 4.69) is 96.1 Å². The second kappa shape index (κ2) is 16.9. The van der Waals surface area contributed by atoms with Crippen molar-refractivity contribution in [2.45, 2.75) is 121 Å². The van der Waals surface area contributed by atoms with Gasteiger partial charge in [0.05, 0.1) is 0 Å². The molecular weight excluding hydrogens is 867 g/mol. The first-order valence-corrected chi connectivity index (χ1v) is 20.8. The minimum atomic E-state index is -0.337. The number of thiophene rings is 2. The molecule has 0 spiro atoms. The molecule has 1 radical (unpaired) electrons. The molecule has 1 N–H and O–H groups in total. The van der Waals surface area contributed by atoms with E-state index >= 15 is 0 Å². The molecule has 285 valence electrons. The number of ketones is 1. The monoisotopic (exact) mass is 925 g/mol. The van der Waals surface area contributed by atoms with Crippen molar-refractivity contribution >= 4 is 69.5 Å². The van der Waals surface area contributed by atoms with Gasteiger partial charge in [-0.25, -0.2) is 0 Å². The van der Waals surface area contributed by atoms with Crippen molar-refractivity contribution in [3.8, 4) is 11.3 Å². The van der Waals surface area contributed by atoms with Crippen LogP contribution in [-0.4, -0.2) is 15.9 Å². The van der Waals surface area contributed by atoms with E-state index < -0.39 is 0 Å². The summed E-state index contributed by atoms with van der Waals surface area (Å²) in [5.74, 6) is 0.936. The summed E-state index contributed by atoms with van der Waals surface area (Å²) in [4.78, 5) is 18.7. The standard InChI is InChI=1S/C32H30NS2.C15H28O2.Ir/c1-18(2)15-27-19(3)22-11-12-25-29(31(22)35-27)28-26(34-25)13-14-33-30(28)21-16-20-9-7-8-10-23(20)24(17-21)32(4,5)6;1-7-14(5,8-2)12(16)11-13(17)15(6,9-3)10-4;/h7-14,17-18H,15H2,1-6H3;11,16H,7-10H2,1-6H3;/q-1;;/b;12-11-;. The molecule has 0 aliphatic heterocycles. The zero-order chi connectivity index (χ0) is 38.2. The molecule has 6 rings (SSSR count). The third kappa shape index (κ3) is 8.52. The number of hydrogen-bond acceptors (Lipinski definition) is 5. The molecule has 3 nitrogen and oxygen atoms in total. The van der Waals surface area contributed by atoms with Crippen LogP contribution in [-0.2, 0) is 36.7 Å². The maximum Gasteiger partial charge on any atom is 0.164 e. The first-order chi connectivity index (χ1) is 24.5. The van der Waals surface area contributed by atoms with Crippen LogP contribution >= 0.6 is 22.7 Å². The van der Waals surface area contributed by atoms with Gasteiger partial charge in [-0.1, -0.05) is 111 Å². The van der Waals surface area contributed by atoms with Gasteiger partial charge in [-0.3, -0.25) is 9.78 Å². The smallest absolute Gasteiger partial charge is 0.164 e. The van der Waals surface area contributed by atoms with Gasteiger partial charge in [-0.05, 0) is 78.8 Å². The Morgan fingerprint density at radius 1 is 0.849 bits per heavy atom. The summed E-state index contributed by atoms with van der Waals surface area (Å²) in [6.07, 6.45) is 7.85. The van der Waals surface area contributed by atoms with Gasteiger partial charge >= 0.3 is 0 Å². The number of rotatable bonds is 10. The third-order valence-electron chi connectivity index (χ3n) is 11.6. The molecule has 0 atom stereocenters. The number of carbonyl (C=O) groups excluding carboxylic acids is 1. The van der Waals surface area contributed by atoms with E-state index in [0.717, 1.165) is 48.7 Å². The molecule has 0 saturated heterocycles. The Labute approximate surface area is 339 Å². The second-order valence-corrected chi connectivity index (χ2v) is 18.7. The number of aliphatic hydroxyl groups is 1. The van der Waals surface area contributed by atoms with Crippen LogP contribution < -0.4 is 0 Å². The Morgan fingerprint density at radius 2 is 1.47 bits per heavy atom. The molecule has 0 amide bonds. The molecule has 0 unspecified atom stereocenters. The van der Waals surface area contributed by atoms with Crippen LogP contribution in [0.4, 0.5) is 0 Å². The van der Waals surface area contributed by atoms with Crippen molar-refractivity contribution in [2.75, 3.05) is 0 Å². The summed E-state index contributed by atoms with van der Waals surface area (Å²) < 4.78 is 4.05. The van der Waals surface area contributed by atoms with Crippen LogP contribution in [0.15, 0.2) is 66.6 Å². The fourth-order valence-corrected chi connectivity index (χ4v) is 9.70. The van der Waals surface area contributed by atoms with Crippen LogP contribution in [0.5, 0.6) is 0 Å². The van der Waals surface area contributed by atoms with Crippen molar-refractivity contribution in [2.24, 2.45) is 16.7 Å². The molecule has 0 saturated carbocycles. The topological polar surface area (TPSA) is 50.2 Å². The van der Waals surface area contributed by atoms with Gasteiger partial charge in [-0.15, -0.1) is 51.8 Å². The zero-order valence-corrected chi connectivity index (χ0v) is 37.9. The van der Waals surface area contributed by atoms with E-state index in [-0.39, 0.29) is 47.9 Å². The number of hydrogen-bond donors (Lipinski definition) is 1. The van der Waals surface area contributed by atoms with Gasteiger partial charge in [0.15, 0.2) is 5.78 Å². The van der Waals surface area contributed by atoms with Crippen LogP contribution in [0.1, 0.15) is 118 Å². The Hall–Kier alpha value is -2.89.